The zero-order valence-corrected chi connectivity index (χ0v) is 23.7. The maximum Gasteiger partial charge on any atom is 0.290 e. The van der Waals surface area contributed by atoms with E-state index >= 15 is 0 Å². The number of benzene rings is 2. The van der Waals surface area contributed by atoms with Gasteiger partial charge in [-0.05, 0) is 61.4 Å². The lowest BCUT2D eigenvalue weighted by Crippen LogP contribution is -2.49. The van der Waals surface area contributed by atoms with E-state index in [1.54, 1.807) is 13.1 Å². The van der Waals surface area contributed by atoms with Gasteiger partial charge in [-0.2, -0.15) is 0 Å². The summed E-state index contributed by atoms with van der Waals surface area (Å²) in [5.74, 6) is 0.368. The largest absolute Gasteiger partial charge is 0.483 e. The number of carboxylic acid groups (broad SMARTS) is 1. The van der Waals surface area contributed by atoms with Crippen LogP contribution in [0.25, 0.3) is 10.9 Å². The van der Waals surface area contributed by atoms with Gasteiger partial charge in [-0.15, -0.1) is 0 Å². The van der Waals surface area contributed by atoms with Gasteiger partial charge in [0.25, 0.3) is 12.4 Å². The van der Waals surface area contributed by atoms with Crippen LogP contribution in [0.15, 0.2) is 48.7 Å². The number of hydrogen-bond acceptors (Lipinski definition) is 6. The second kappa shape index (κ2) is 12.8. The number of rotatable bonds is 10. The molecular weight excluding hydrogens is 532 g/mol. The van der Waals surface area contributed by atoms with Crippen LogP contribution in [-0.4, -0.2) is 73.6 Å². The molecule has 40 heavy (non-hydrogen) atoms. The molecule has 11 heteroatoms. The standard InChI is InChI=1S/C28H36N4O4S.CH2O2/c1-3-21-18-32-11-12-37(35,36)31(2)25-15-22(14-23(21)27(25)32)28(34)30-24(13-19-7-5-4-6-8-19)26(33)17-29-16-20-9-10-20;2-1-3/h4-8,14-15,18,20,24,26,29,33H,3,9-13,16-17H2,1-2H3,(H,30,34);1H,(H,2,3)/t24-,26+;/m0./s1. The van der Waals surface area contributed by atoms with Gasteiger partial charge in [-0.3, -0.25) is 13.9 Å². The zero-order chi connectivity index (χ0) is 28.9. The van der Waals surface area contributed by atoms with Gasteiger partial charge in [0, 0.05) is 37.3 Å². The third-order valence-electron chi connectivity index (χ3n) is 7.59. The molecule has 1 fully saturated rings. The van der Waals surface area contributed by atoms with Crippen LogP contribution < -0.4 is 14.9 Å². The summed E-state index contributed by atoms with van der Waals surface area (Å²) < 4.78 is 29.0. The SMILES string of the molecule is CCc1cn2c3c(cc(C(=O)N[C@@H](Cc4ccccc4)[C@H](O)CNCC4CC4)cc13)N(C)S(=O)(=O)CC2.O=CO. The molecule has 2 aliphatic rings. The van der Waals surface area contributed by atoms with Crippen LogP contribution in [0.4, 0.5) is 5.69 Å². The van der Waals surface area contributed by atoms with Gasteiger partial charge >= 0.3 is 0 Å². The molecule has 1 aliphatic heterocycles. The first-order chi connectivity index (χ1) is 19.2. The number of carbonyl (C=O) groups is 2. The molecule has 0 spiro atoms. The molecule has 1 amide bonds. The van der Waals surface area contributed by atoms with Crippen molar-refractivity contribution >= 4 is 39.0 Å². The maximum atomic E-state index is 13.6. The first-order valence-electron chi connectivity index (χ1n) is 13.6. The van der Waals surface area contributed by atoms with Crippen LogP contribution >= 0.6 is 0 Å². The van der Waals surface area contributed by atoms with Crippen molar-refractivity contribution in [1.29, 1.82) is 0 Å². The Hall–Kier alpha value is -3.41. The number of sulfonamides is 1. The van der Waals surface area contributed by atoms with E-state index in [0.29, 0.717) is 36.7 Å². The Kier molecular flexibility index (Phi) is 9.49. The van der Waals surface area contributed by atoms with Crippen molar-refractivity contribution in [2.45, 2.75) is 51.3 Å². The number of hydrogen-bond donors (Lipinski definition) is 4. The second-order valence-corrected chi connectivity index (χ2v) is 12.5. The predicted octanol–water partition coefficient (Wildman–Crippen LogP) is 2.39. The highest BCUT2D eigenvalue weighted by molar-refractivity contribution is 7.92. The molecule has 1 saturated carbocycles. The van der Waals surface area contributed by atoms with E-state index in [4.69, 9.17) is 9.90 Å². The van der Waals surface area contributed by atoms with E-state index < -0.39 is 22.2 Å². The quantitative estimate of drug-likeness (QED) is 0.274. The van der Waals surface area contributed by atoms with Crippen molar-refractivity contribution < 1.29 is 28.2 Å². The van der Waals surface area contributed by atoms with Crippen LogP contribution in [0.1, 0.15) is 41.3 Å². The third kappa shape index (κ3) is 6.83. The lowest BCUT2D eigenvalue weighted by Gasteiger charge is -2.25. The van der Waals surface area contributed by atoms with E-state index in [1.807, 2.05) is 47.2 Å². The number of nitrogens with zero attached hydrogens (tertiary/aromatic N) is 2. The summed E-state index contributed by atoms with van der Waals surface area (Å²) in [5, 5.41) is 25.2. The minimum Gasteiger partial charge on any atom is -0.483 e. The first-order valence-corrected chi connectivity index (χ1v) is 15.2. The van der Waals surface area contributed by atoms with E-state index in [1.165, 1.54) is 17.1 Å². The Morgan fingerprint density at radius 2 is 1.90 bits per heavy atom. The van der Waals surface area contributed by atoms with Gasteiger partial charge in [0.2, 0.25) is 10.0 Å². The highest BCUT2D eigenvalue weighted by atomic mass is 32.2. The molecule has 0 bridgehead atoms. The fraction of sp³-hybridized carbons (Fsp3) is 0.448. The fourth-order valence-corrected chi connectivity index (χ4v) is 6.26. The van der Waals surface area contributed by atoms with Gasteiger partial charge in [0.1, 0.15) is 0 Å². The third-order valence-corrected chi connectivity index (χ3v) is 9.32. The number of aliphatic hydroxyl groups is 1. The molecule has 1 aliphatic carbocycles. The number of aryl methyl sites for hydroxylation is 2. The second-order valence-electron chi connectivity index (χ2n) is 10.4. The molecule has 0 unspecified atom stereocenters. The molecule has 3 aromatic rings. The Bertz CT molecular complexity index is 1440. The van der Waals surface area contributed by atoms with Crippen LogP contribution in [0.3, 0.4) is 0 Å². The lowest BCUT2D eigenvalue weighted by atomic mass is 9.99. The number of anilines is 1. The molecule has 2 heterocycles. The summed E-state index contributed by atoms with van der Waals surface area (Å²) in [6, 6.07) is 12.8. The summed E-state index contributed by atoms with van der Waals surface area (Å²) in [6.07, 6.45) is 4.93. The first kappa shape index (κ1) is 29.6. The highest BCUT2D eigenvalue weighted by Crippen LogP contribution is 2.35. The van der Waals surface area contributed by atoms with Crippen LogP contribution in [-0.2, 0) is 34.2 Å². The maximum absolute atomic E-state index is 13.6. The summed E-state index contributed by atoms with van der Waals surface area (Å²) in [5.41, 5.74) is 3.82. The van der Waals surface area contributed by atoms with Crippen molar-refractivity contribution in [2.24, 2.45) is 5.92 Å². The number of amides is 1. The molecular formula is C29H38N4O6S. The normalized spacial score (nSPS) is 17.3. The van der Waals surface area contributed by atoms with Gasteiger partial charge < -0.3 is 25.4 Å². The van der Waals surface area contributed by atoms with Crippen LogP contribution in [0.2, 0.25) is 0 Å². The van der Waals surface area contributed by atoms with E-state index in [9.17, 15) is 18.3 Å². The smallest absolute Gasteiger partial charge is 0.290 e. The molecule has 2 aromatic carbocycles. The number of aromatic nitrogens is 1. The minimum absolute atomic E-state index is 0.00580. The Balaban J connectivity index is 0.00000118. The summed E-state index contributed by atoms with van der Waals surface area (Å²) >= 11 is 0. The van der Waals surface area contributed by atoms with E-state index in [-0.39, 0.29) is 18.1 Å². The molecule has 0 saturated heterocycles. The molecule has 216 valence electrons. The van der Waals surface area contributed by atoms with Crippen molar-refractivity contribution in [3.63, 3.8) is 0 Å². The molecule has 4 N–H and O–H groups in total. The average Bonchev–Trinajstić information content (AvgIpc) is 3.71. The van der Waals surface area contributed by atoms with Gasteiger partial charge in [-0.25, -0.2) is 8.42 Å². The Labute approximate surface area is 235 Å². The predicted molar refractivity (Wildman–Crippen MR) is 155 cm³/mol. The summed E-state index contributed by atoms with van der Waals surface area (Å²) in [4.78, 5) is 22.0. The van der Waals surface area contributed by atoms with Gasteiger partial charge in [0.05, 0.1) is 29.1 Å². The summed E-state index contributed by atoms with van der Waals surface area (Å²) in [7, 11) is -1.95. The number of aliphatic hydroxyl groups excluding tert-OH is 1. The molecule has 0 radical (unpaired) electrons. The average molecular weight is 571 g/mol. The van der Waals surface area contributed by atoms with Crippen molar-refractivity contribution in [3.8, 4) is 0 Å². The van der Waals surface area contributed by atoms with Crippen molar-refractivity contribution in [1.82, 2.24) is 15.2 Å². The molecule has 5 rings (SSSR count). The Morgan fingerprint density at radius 3 is 2.55 bits per heavy atom. The van der Waals surface area contributed by atoms with Crippen molar-refractivity contribution in [3.05, 3.63) is 65.4 Å². The Morgan fingerprint density at radius 1 is 1.20 bits per heavy atom. The zero-order valence-electron chi connectivity index (χ0n) is 22.9. The lowest BCUT2D eigenvalue weighted by molar-refractivity contribution is -0.122. The molecule has 1 aromatic heterocycles. The van der Waals surface area contributed by atoms with E-state index in [2.05, 4.69) is 17.6 Å². The van der Waals surface area contributed by atoms with Crippen molar-refractivity contribution in [2.75, 3.05) is 30.2 Å². The number of carbonyl (C=O) groups excluding carboxylic acids is 1. The molecule has 10 nitrogen and oxygen atoms in total. The fourth-order valence-electron chi connectivity index (χ4n) is 5.12. The monoisotopic (exact) mass is 570 g/mol. The highest BCUT2D eigenvalue weighted by Gasteiger charge is 2.29. The topological polar surface area (TPSA) is 141 Å². The minimum atomic E-state index is -3.50. The number of nitrogens with one attached hydrogen (secondary N) is 2. The van der Waals surface area contributed by atoms with Gasteiger partial charge in [0.15, 0.2) is 0 Å². The van der Waals surface area contributed by atoms with E-state index in [0.717, 1.165) is 35.0 Å². The summed E-state index contributed by atoms with van der Waals surface area (Å²) in [6.45, 7) is 3.45. The van der Waals surface area contributed by atoms with Crippen LogP contribution in [0, 0.1) is 5.92 Å². The van der Waals surface area contributed by atoms with Crippen LogP contribution in [0.5, 0.6) is 0 Å². The van der Waals surface area contributed by atoms with Gasteiger partial charge in [-0.1, -0.05) is 37.3 Å². The molecule has 2 atom stereocenters.